The Morgan fingerprint density at radius 1 is 1.41 bits per heavy atom. The molecule has 4 heteroatoms. The zero-order valence-electron chi connectivity index (χ0n) is 10.2. The van der Waals surface area contributed by atoms with Gasteiger partial charge in [0.2, 0.25) is 5.91 Å². The number of nitrogens with zero attached hydrogens (tertiary/aromatic N) is 1. The van der Waals surface area contributed by atoms with E-state index in [1.165, 1.54) is 0 Å². The zero-order valence-corrected chi connectivity index (χ0v) is 11.0. The van der Waals surface area contributed by atoms with Crippen LogP contribution in [0.4, 0.5) is 0 Å². The molecular weight excluding hydrogens is 238 g/mol. The monoisotopic (exact) mass is 255 g/mol. The number of rotatable bonds is 6. The van der Waals surface area contributed by atoms with Crippen molar-refractivity contribution in [3.8, 4) is 5.75 Å². The van der Waals surface area contributed by atoms with E-state index in [2.05, 4.69) is 0 Å². The van der Waals surface area contributed by atoms with Crippen molar-refractivity contribution in [1.82, 2.24) is 4.90 Å². The second-order valence-electron chi connectivity index (χ2n) is 3.92. The zero-order chi connectivity index (χ0) is 12.7. The van der Waals surface area contributed by atoms with E-state index in [0.717, 1.165) is 5.75 Å². The van der Waals surface area contributed by atoms with Gasteiger partial charge in [-0.25, -0.2) is 0 Å². The minimum Gasteiger partial charge on any atom is -0.493 e. The Morgan fingerprint density at radius 2 is 2.06 bits per heavy atom. The quantitative estimate of drug-likeness (QED) is 0.731. The fraction of sp³-hybridized carbons (Fsp3) is 0.462. The van der Waals surface area contributed by atoms with Crippen LogP contribution in [0.3, 0.4) is 0 Å². The molecule has 94 valence electrons. The molecular formula is C13H18ClNO2. The van der Waals surface area contributed by atoms with Crippen LogP contribution in [0.5, 0.6) is 5.75 Å². The smallest absolute Gasteiger partial charge is 0.226 e. The molecule has 0 bridgehead atoms. The van der Waals surface area contributed by atoms with Gasteiger partial charge in [0.15, 0.2) is 0 Å². The average molecular weight is 256 g/mol. The van der Waals surface area contributed by atoms with Gasteiger partial charge in [0.25, 0.3) is 0 Å². The second-order valence-corrected chi connectivity index (χ2v) is 4.23. The number of halogens is 1. The Balaban J connectivity index is 2.29. The molecule has 0 spiro atoms. The summed E-state index contributed by atoms with van der Waals surface area (Å²) in [6.07, 6.45) is 0.368. The fourth-order valence-electron chi connectivity index (χ4n) is 1.30. The van der Waals surface area contributed by atoms with Crippen LogP contribution in [0.2, 0.25) is 0 Å². The van der Waals surface area contributed by atoms with Crippen LogP contribution in [-0.4, -0.2) is 36.4 Å². The number of hydrogen-bond acceptors (Lipinski definition) is 2. The van der Waals surface area contributed by atoms with E-state index in [-0.39, 0.29) is 11.9 Å². The Hall–Kier alpha value is -1.22. The average Bonchev–Trinajstić information content (AvgIpc) is 2.38. The van der Waals surface area contributed by atoms with Gasteiger partial charge in [-0.15, -0.1) is 11.6 Å². The first-order valence-electron chi connectivity index (χ1n) is 5.64. The van der Waals surface area contributed by atoms with Crippen LogP contribution >= 0.6 is 11.6 Å². The molecule has 0 aliphatic carbocycles. The molecule has 0 saturated carbocycles. The highest BCUT2D eigenvalue weighted by molar-refractivity contribution is 6.18. The van der Waals surface area contributed by atoms with Crippen LogP contribution in [0.25, 0.3) is 0 Å². The highest BCUT2D eigenvalue weighted by atomic mass is 35.5. The second kappa shape index (κ2) is 7.17. The molecule has 1 unspecified atom stereocenters. The fourth-order valence-corrected chi connectivity index (χ4v) is 1.51. The van der Waals surface area contributed by atoms with Gasteiger partial charge in [0.05, 0.1) is 13.0 Å². The first-order valence-corrected chi connectivity index (χ1v) is 6.18. The normalized spacial score (nSPS) is 11.9. The lowest BCUT2D eigenvalue weighted by Crippen LogP contribution is -2.36. The lowest BCUT2D eigenvalue weighted by Gasteiger charge is -2.23. The largest absolute Gasteiger partial charge is 0.493 e. The molecule has 1 amide bonds. The summed E-state index contributed by atoms with van der Waals surface area (Å²) in [5.41, 5.74) is 0. The van der Waals surface area contributed by atoms with Crippen molar-refractivity contribution in [1.29, 1.82) is 0 Å². The number of carbonyl (C=O) groups excluding carboxylic acids is 1. The van der Waals surface area contributed by atoms with Crippen LogP contribution in [0.1, 0.15) is 13.3 Å². The maximum Gasteiger partial charge on any atom is 0.226 e. The summed E-state index contributed by atoms with van der Waals surface area (Å²) in [6.45, 7) is 2.31. The van der Waals surface area contributed by atoms with Gasteiger partial charge in [-0.1, -0.05) is 18.2 Å². The summed E-state index contributed by atoms with van der Waals surface area (Å²) in [7, 11) is 1.76. The standard InChI is InChI=1S/C13H18ClNO2/c1-11(10-14)15(2)13(16)8-9-17-12-6-4-3-5-7-12/h3-7,11H,8-10H2,1-2H3. The lowest BCUT2D eigenvalue weighted by molar-refractivity contribution is -0.131. The predicted molar refractivity (Wildman–Crippen MR) is 69.5 cm³/mol. The molecule has 1 atom stereocenters. The molecule has 1 aromatic rings. The van der Waals surface area contributed by atoms with Crippen molar-refractivity contribution < 1.29 is 9.53 Å². The van der Waals surface area contributed by atoms with Gasteiger partial charge < -0.3 is 9.64 Å². The van der Waals surface area contributed by atoms with Gasteiger partial charge in [-0.3, -0.25) is 4.79 Å². The molecule has 0 fully saturated rings. The summed E-state index contributed by atoms with van der Waals surface area (Å²) in [5.74, 6) is 1.28. The van der Waals surface area contributed by atoms with E-state index in [1.54, 1.807) is 11.9 Å². The first kappa shape index (κ1) is 13.8. The topological polar surface area (TPSA) is 29.5 Å². The molecule has 0 saturated heterocycles. The number of alkyl halides is 1. The predicted octanol–water partition coefficient (Wildman–Crippen LogP) is 2.54. The van der Waals surface area contributed by atoms with Gasteiger partial charge in [-0.2, -0.15) is 0 Å². The van der Waals surface area contributed by atoms with Crippen LogP contribution in [0.15, 0.2) is 30.3 Å². The Kier molecular flexibility index (Phi) is 5.84. The molecule has 1 aromatic carbocycles. The summed E-state index contributed by atoms with van der Waals surface area (Å²) in [6, 6.07) is 9.53. The summed E-state index contributed by atoms with van der Waals surface area (Å²) in [4.78, 5) is 13.4. The van der Waals surface area contributed by atoms with Crippen LogP contribution in [0, 0.1) is 0 Å². The maximum absolute atomic E-state index is 11.7. The van der Waals surface area contributed by atoms with E-state index in [1.807, 2.05) is 37.3 Å². The van der Waals surface area contributed by atoms with Gasteiger partial charge in [-0.05, 0) is 19.1 Å². The van der Waals surface area contributed by atoms with Crippen LogP contribution in [-0.2, 0) is 4.79 Å². The molecule has 1 rings (SSSR count). The Morgan fingerprint density at radius 3 is 2.65 bits per heavy atom. The van der Waals surface area contributed by atoms with Crippen LogP contribution < -0.4 is 4.74 Å². The minimum atomic E-state index is 0.0501. The van der Waals surface area contributed by atoms with Crippen molar-refractivity contribution in [3.05, 3.63) is 30.3 Å². The van der Waals surface area contributed by atoms with Gasteiger partial charge >= 0.3 is 0 Å². The van der Waals surface area contributed by atoms with Crippen molar-refractivity contribution >= 4 is 17.5 Å². The van der Waals surface area contributed by atoms with Gasteiger partial charge in [0.1, 0.15) is 5.75 Å². The Bertz CT molecular complexity index is 343. The van der Waals surface area contributed by atoms with E-state index in [4.69, 9.17) is 16.3 Å². The molecule has 0 N–H and O–H groups in total. The number of carbonyl (C=O) groups is 1. The summed E-state index contributed by atoms with van der Waals surface area (Å²) < 4.78 is 5.46. The first-order chi connectivity index (χ1) is 8.15. The maximum atomic E-state index is 11.7. The van der Waals surface area contributed by atoms with E-state index in [0.29, 0.717) is 18.9 Å². The van der Waals surface area contributed by atoms with E-state index >= 15 is 0 Å². The third-order valence-corrected chi connectivity index (χ3v) is 3.05. The third-order valence-electron chi connectivity index (χ3n) is 2.61. The minimum absolute atomic E-state index is 0.0501. The van der Waals surface area contributed by atoms with Crippen molar-refractivity contribution in [3.63, 3.8) is 0 Å². The van der Waals surface area contributed by atoms with Crippen molar-refractivity contribution in [2.45, 2.75) is 19.4 Å². The van der Waals surface area contributed by atoms with E-state index < -0.39 is 0 Å². The van der Waals surface area contributed by atoms with Crippen molar-refractivity contribution in [2.24, 2.45) is 0 Å². The number of amides is 1. The molecule has 0 aliphatic rings. The highest BCUT2D eigenvalue weighted by Crippen LogP contribution is 2.09. The summed E-state index contributed by atoms with van der Waals surface area (Å²) in [5, 5.41) is 0. The molecule has 3 nitrogen and oxygen atoms in total. The number of benzene rings is 1. The van der Waals surface area contributed by atoms with Gasteiger partial charge in [0, 0.05) is 19.0 Å². The number of hydrogen-bond donors (Lipinski definition) is 0. The molecule has 0 aliphatic heterocycles. The molecule has 0 radical (unpaired) electrons. The third kappa shape index (κ3) is 4.65. The molecule has 17 heavy (non-hydrogen) atoms. The summed E-state index contributed by atoms with van der Waals surface area (Å²) >= 11 is 5.70. The lowest BCUT2D eigenvalue weighted by atomic mass is 10.3. The SMILES string of the molecule is CC(CCl)N(C)C(=O)CCOc1ccccc1. The highest BCUT2D eigenvalue weighted by Gasteiger charge is 2.14. The van der Waals surface area contributed by atoms with Crippen molar-refractivity contribution in [2.75, 3.05) is 19.5 Å². The molecule has 0 heterocycles. The number of ether oxygens (including phenoxy) is 1. The molecule has 0 aromatic heterocycles. The van der Waals surface area contributed by atoms with E-state index in [9.17, 15) is 4.79 Å². The number of para-hydroxylation sites is 1. The Labute approximate surface area is 107 Å².